The van der Waals surface area contributed by atoms with E-state index in [9.17, 15) is 24.3 Å². The molecule has 0 aliphatic heterocycles. The van der Waals surface area contributed by atoms with Gasteiger partial charge in [-0.05, 0) is 52.5 Å². The van der Waals surface area contributed by atoms with Gasteiger partial charge < -0.3 is 30.1 Å². The van der Waals surface area contributed by atoms with Crippen molar-refractivity contribution in [2.45, 2.75) is 85.5 Å². The number of ether oxygens (including phenoxy) is 2. The van der Waals surface area contributed by atoms with Crippen LogP contribution in [0.3, 0.4) is 0 Å². The SMILES string of the molecule is CCC(C)N(C(=O)C(NC(=O)OC(C)(C)C)C(C)C)C(C(=O)NCC(=O)OC)c1cccc(C)c1O. The second-order valence-corrected chi connectivity index (χ2v) is 10.1. The molecule has 3 unspecified atom stereocenters. The summed E-state index contributed by atoms with van der Waals surface area (Å²) in [5.41, 5.74) is -0.0535. The van der Waals surface area contributed by atoms with Gasteiger partial charge in [0.25, 0.3) is 0 Å². The van der Waals surface area contributed by atoms with Crippen LogP contribution in [0.25, 0.3) is 0 Å². The first-order valence-corrected chi connectivity index (χ1v) is 12.1. The molecule has 3 atom stereocenters. The average molecular weight is 508 g/mol. The number of aryl methyl sites for hydroxylation is 1. The van der Waals surface area contributed by atoms with Crippen molar-refractivity contribution in [1.29, 1.82) is 0 Å². The Bertz CT molecular complexity index is 940. The number of amides is 3. The fourth-order valence-corrected chi connectivity index (χ4v) is 3.55. The minimum Gasteiger partial charge on any atom is -0.507 e. The van der Waals surface area contributed by atoms with Crippen LogP contribution >= 0.6 is 0 Å². The van der Waals surface area contributed by atoms with Crippen LogP contribution in [0, 0.1) is 12.8 Å². The van der Waals surface area contributed by atoms with Crippen molar-refractivity contribution in [3.63, 3.8) is 0 Å². The summed E-state index contributed by atoms with van der Waals surface area (Å²) in [5, 5.41) is 16.0. The maximum absolute atomic E-state index is 14.0. The largest absolute Gasteiger partial charge is 0.507 e. The van der Waals surface area contributed by atoms with Gasteiger partial charge in [-0.15, -0.1) is 0 Å². The Morgan fingerprint density at radius 2 is 1.72 bits per heavy atom. The number of nitrogens with one attached hydrogen (secondary N) is 2. The van der Waals surface area contributed by atoms with Crippen molar-refractivity contribution >= 4 is 23.9 Å². The molecule has 0 heterocycles. The van der Waals surface area contributed by atoms with Gasteiger partial charge in [0.05, 0.1) is 7.11 Å². The Morgan fingerprint density at radius 1 is 1.11 bits per heavy atom. The lowest BCUT2D eigenvalue weighted by atomic mass is 9.95. The van der Waals surface area contributed by atoms with Crippen LogP contribution in [0.5, 0.6) is 5.75 Å². The number of carbonyl (C=O) groups is 4. The minimum atomic E-state index is -1.28. The number of methoxy groups -OCH3 is 1. The first-order chi connectivity index (χ1) is 16.6. The Hall–Kier alpha value is -3.30. The zero-order valence-electron chi connectivity index (χ0n) is 22.8. The Morgan fingerprint density at radius 3 is 2.22 bits per heavy atom. The number of hydrogen-bond acceptors (Lipinski definition) is 7. The number of para-hydroxylation sites is 1. The number of phenolic OH excluding ortho intramolecular Hbond substituents is 1. The van der Waals surface area contributed by atoms with Crippen LogP contribution in [0.15, 0.2) is 18.2 Å². The molecule has 1 rings (SSSR count). The van der Waals surface area contributed by atoms with E-state index in [4.69, 9.17) is 4.74 Å². The summed E-state index contributed by atoms with van der Waals surface area (Å²) in [6.45, 7) is 13.6. The third-order valence-corrected chi connectivity index (χ3v) is 5.65. The predicted molar refractivity (Wildman–Crippen MR) is 135 cm³/mol. The van der Waals surface area contributed by atoms with E-state index in [1.807, 2.05) is 6.92 Å². The van der Waals surface area contributed by atoms with Gasteiger partial charge in [-0.1, -0.05) is 39.0 Å². The summed E-state index contributed by atoms with van der Waals surface area (Å²) < 4.78 is 9.96. The molecular formula is C26H41N3O7. The lowest BCUT2D eigenvalue weighted by Gasteiger charge is -2.39. The summed E-state index contributed by atoms with van der Waals surface area (Å²) in [4.78, 5) is 53.1. The molecule has 3 N–H and O–H groups in total. The van der Waals surface area contributed by atoms with Crippen LogP contribution in [0.2, 0.25) is 0 Å². The van der Waals surface area contributed by atoms with Crippen LogP contribution in [0.4, 0.5) is 4.79 Å². The Balaban J connectivity index is 3.59. The van der Waals surface area contributed by atoms with E-state index in [-0.39, 0.29) is 17.2 Å². The highest BCUT2D eigenvalue weighted by atomic mass is 16.6. The van der Waals surface area contributed by atoms with Gasteiger partial charge in [0.1, 0.15) is 30.0 Å². The van der Waals surface area contributed by atoms with E-state index >= 15 is 0 Å². The first-order valence-electron chi connectivity index (χ1n) is 12.1. The van der Waals surface area contributed by atoms with Gasteiger partial charge in [-0.3, -0.25) is 14.4 Å². The average Bonchev–Trinajstić information content (AvgIpc) is 2.79. The second kappa shape index (κ2) is 13.1. The van der Waals surface area contributed by atoms with E-state index < -0.39 is 54.1 Å². The number of aromatic hydroxyl groups is 1. The Labute approximate surface area is 213 Å². The maximum atomic E-state index is 14.0. The molecule has 0 fully saturated rings. The Kier molecular flexibility index (Phi) is 11.2. The number of benzene rings is 1. The highest BCUT2D eigenvalue weighted by Crippen LogP contribution is 2.34. The lowest BCUT2D eigenvalue weighted by Crippen LogP contribution is -2.57. The molecule has 0 aromatic heterocycles. The highest BCUT2D eigenvalue weighted by molar-refractivity contribution is 5.94. The summed E-state index contributed by atoms with van der Waals surface area (Å²) in [5.74, 6) is -2.35. The molecule has 1 aromatic rings. The maximum Gasteiger partial charge on any atom is 0.408 e. The number of rotatable bonds is 10. The molecular weight excluding hydrogens is 466 g/mol. The van der Waals surface area contributed by atoms with Gasteiger partial charge in [-0.2, -0.15) is 0 Å². The predicted octanol–water partition coefficient (Wildman–Crippen LogP) is 3.21. The molecule has 0 saturated carbocycles. The number of esters is 1. The molecule has 10 heteroatoms. The normalized spacial score (nSPS) is 13.8. The summed E-state index contributed by atoms with van der Waals surface area (Å²) >= 11 is 0. The molecule has 0 saturated heterocycles. The molecule has 0 aliphatic rings. The molecule has 0 spiro atoms. The quantitative estimate of drug-likeness (QED) is 0.414. The van der Waals surface area contributed by atoms with Crippen LogP contribution < -0.4 is 10.6 Å². The van der Waals surface area contributed by atoms with Gasteiger partial charge >= 0.3 is 12.1 Å². The number of alkyl carbamates (subject to hydrolysis) is 1. The molecule has 10 nitrogen and oxygen atoms in total. The molecule has 1 aromatic carbocycles. The van der Waals surface area contributed by atoms with E-state index in [1.54, 1.807) is 66.7 Å². The summed E-state index contributed by atoms with van der Waals surface area (Å²) in [6, 6.07) is 2.14. The summed E-state index contributed by atoms with van der Waals surface area (Å²) in [6.07, 6.45) is -0.278. The molecule has 36 heavy (non-hydrogen) atoms. The van der Waals surface area contributed by atoms with E-state index in [0.717, 1.165) is 0 Å². The van der Waals surface area contributed by atoms with Crippen molar-refractivity contribution in [2.24, 2.45) is 5.92 Å². The van der Waals surface area contributed by atoms with Crippen LogP contribution in [-0.4, -0.2) is 65.2 Å². The highest BCUT2D eigenvalue weighted by Gasteiger charge is 2.40. The molecule has 202 valence electrons. The van der Waals surface area contributed by atoms with Gasteiger partial charge in [0.15, 0.2) is 0 Å². The molecule has 0 bridgehead atoms. The van der Waals surface area contributed by atoms with Crippen molar-refractivity contribution < 1.29 is 33.8 Å². The standard InChI is InChI=1S/C26H41N3O7/c1-10-17(5)29(24(33)20(15(2)3)28-25(34)36-26(6,7)8)21(23(32)27-14-19(30)35-9)18-13-11-12-16(4)22(18)31/h11-13,15,17,20-21,31H,10,14H2,1-9H3,(H,27,32)(H,28,34). The van der Waals surface area contributed by atoms with Crippen molar-refractivity contribution in [1.82, 2.24) is 15.5 Å². The van der Waals surface area contributed by atoms with Gasteiger partial charge in [-0.25, -0.2) is 4.79 Å². The van der Waals surface area contributed by atoms with Crippen molar-refractivity contribution in [2.75, 3.05) is 13.7 Å². The summed E-state index contributed by atoms with van der Waals surface area (Å²) in [7, 11) is 1.20. The zero-order chi connectivity index (χ0) is 27.8. The first kappa shape index (κ1) is 30.7. The van der Waals surface area contributed by atoms with Crippen LogP contribution in [-0.2, 0) is 23.9 Å². The third kappa shape index (κ3) is 8.42. The fraction of sp³-hybridized carbons (Fsp3) is 0.615. The zero-order valence-corrected chi connectivity index (χ0v) is 22.8. The number of carbonyl (C=O) groups excluding carboxylic acids is 4. The fourth-order valence-electron chi connectivity index (χ4n) is 3.55. The monoisotopic (exact) mass is 507 g/mol. The van der Waals surface area contributed by atoms with Crippen molar-refractivity contribution in [3.8, 4) is 5.75 Å². The third-order valence-electron chi connectivity index (χ3n) is 5.65. The van der Waals surface area contributed by atoms with Gasteiger partial charge in [0.2, 0.25) is 11.8 Å². The van der Waals surface area contributed by atoms with E-state index in [1.165, 1.54) is 12.0 Å². The van der Waals surface area contributed by atoms with Crippen LogP contribution in [0.1, 0.15) is 72.1 Å². The van der Waals surface area contributed by atoms with Crippen molar-refractivity contribution in [3.05, 3.63) is 29.3 Å². The topological polar surface area (TPSA) is 134 Å². The molecule has 0 radical (unpaired) electrons. The smallest absolute Gasteiger partial charge is 0.408 e. The number of nitrogens with zero attached hydrogens (tertiary/aromatic N) is 1. The number of phenols is 1. The second-order valence-electron chi connectivity index (χ2n) is 10.1. The lowest BCUT2D eigenvalue weighted by molar-refractivity contribution is -0.147. The number of hydrogen-bond donors (Lipinski definition) is 3. The molecule has 3 amide bonds. The minimum absolute atomic E-state index is 0.141. The van der Waals surface area contributed by atoms with E-state index in [2.05, 4.69) is 15.4 Å². The molecule has 0 aliphatic carbocycles. The van der Waals surface area contributed by atoms with E-state index in [0.29, 0.717) is 12.0 Å². The van der Waals surface area contributed by atoms with Gasteiger partial charge in [0, 0.05) is 11.6 Å².